The molecule has 0 unspecified atom stereocenters. The third-order valence-electron chi connectivity index (χ3n) is 2.27. The van der Waals surface area contributed by atoms with E-state index in [0.29, 0.717) is 0 Å². The van der Waals surface area contributed by atoms with Gasteiger partial charge in [0.25, 0.3) is 0 Å². The SMILES string of the molecule is COCCN(C)CCNc1ccc(C)nn1. The number of hydrogen-bond donors (Lipinski definition) is 1. The van der Waals surface area contributed by atoms with Crippen LogP contribution in [0, 0.1) is 6.92 Å². The van der Waals surface area contributed by atoms with Crippen LogP contribution >= 0.6 is 0 Å². The first-order valence-corrected chi connectivity index (χ1v) is 5.44. The Morgan fingerprint density at radius 1 is 1.31 bits per heavy atom. The van der Waals surface area contributed by atoms with Crippen molar-refractivity contribution in [3.8, 4) is 0 Å². The zero-order valence-electron chi connectivity index (χ0n) is 10.2. The lowest BCUT2D eigenvalue weighted by Gasteiger charge is -2.16. The molecule has 0 saturated heterocycles. The van der Waals surface area contributed by atoms with Crippen molar-refractivity contribution in [3.63, 3.8) is 0 Å². The lowest BCUT2D eigenvalue weighted by molar-refractivity contribution is 0.163. The minimum absolute atomic E-state index is 0.765. The van der Waals surface area contributed by atoms with Gasteiger partial charge in [0.15, 0.2) is 0 Å². The molecule has 0 aliphatic carbocycles. The predicted molar refractivity (Wildman–Crippen MR) is 64.6 cm³/mol. The number of ether oxygens (including phenoxy) is 1. The number of methoxy groups -OCH3 is 1. The number of aromatic nitrogens is 2. The van der Waals surface area contributed by atoms with Crippen molar-refractivity contribution in [3.05, 3.63) is 17.8 Å². The largest absolute Gasteiger partial charge is 0.383 e. The van der Waals surface area contributed by atoms with Crippen molar-refractivity contribution in [2.45, 2.75) is 6.92 Å². The van der Waals surface area contributed by atoms with Crippen LogP contribution in [0.1, 0.15) is 5.69 Å². The van der Waals surface area contributed by atoms with Crippen molar-refractivity contribution < 1.29 is 4.74 Å². The van der Waals surface area contributed by atoms with Gasteiger partial charge < -0.3 is 15.0 Å². The molecular formula is C11H20N4O. The molecule has 0 aliphatic heterocycles. The van der Waals surface area contributed by atoms with Crippen molar-refractivity contribution in [2.24, 2.45) is 0 Å². The van der Waals surface area contributed by atoms with E-state index >= 15 is 0 Å². The van der Waals surface area contributed by atoms with Crippen LogP contribution in [0.2, 0.25) is 0 Å². The smallest absolute Gasteiger partial charge is 0.148 e. The molecule has 1 rings (SSSR count). The average molecular weight is 224 g/mol. The molecule has 1 heterocycles. The summed E-state index contributed by atoms with van der Waals surface area (Å²) >= 11 is 0. The van der Waals surface area contributed by atoms with Crippen LogP contribution in [0.3, 0.4) is 0 Å². The Hall–Kier alpha value is -1.20. The van der Waals surface area contributed by atoms with Crippen molar-refractivity contribution in [1.82, 2.24) is 15.1 Å². The Bertz CT molecular complexity index is 289. The van der Waals surface area contributed by atoms with E-state index in [1.165, 1.54) is 0 Å². The molecule has 1 N–H and O–H groups in total. The highest BCUT2D eigenvalue weighted by Crippen LogP contribution is 1.99. The topological polar surface area (TPSA) is 50.3 Å². The van der Waals surface area contributed by atoms with Crippen LogP contribution in [0.4, 0.5) is 5.82 Å². The molecule has 5 heteroatoms. The van der Waals surface area contributed by atoms with Gasteiger partial charge in [0, 0.05) is 26.7 Å². The Morgan fingerprint density at radius 2 is 2.12 bits per heavy atom. The Morgan fingerprint density at radius 3 is 2.75 bits per heavy atom. The quantitative estimate of drug-likeness (QED) is 0.741. The minimum Gasteiger partial charge on any atom is -0.383 e. The Kier molecular flexibility index (Phi) is 5.74. The maximum Gasteiger partial charge on any atom is 0.148 e. The molecule has 5 nitrogen and oxygen atoms in total. The summed E-state index contributed by atoms with van der Waals surface area (Å²) in [6.45, 7) is 5.45. The second-order valence-electron chi connectivity index (χ2n) is 3.78. The van der Waals surface area contributed by atoms with Crippen molar-refractivity contribution in [1.29, 1.82) is 0 Å². The number of aryl methyl sites for hydroxylation is 1. The fourth-order valence-electron chi connectivity index (χ4n) is 1.23. The van der Waals surface area contributed by atoms with Crippen LogP contribution in [0.25, 0.3) is 0 Å². The lowest BCUT2D eigenvalue weighted by atomic mass is 10.4. The number of nitrogens with one attached hydrogen (secondary N) is 1. The molecule has 1 aromatic heterocycles. The molecule has 90 valence electrons. The molecule has 0 radical (unpaired) electrons. The highest BCUT2D eigenvalue weighted by molar-refractivity contribution is 5.32. The van der Waals surface area contributed by atoms with Gasteiger partial charge in [-0.15, -0.1) is 5.10 Å². The molecule has 0 fully saturated rings. The number of nitrogens with zero attached hydrogens (tertiary/aromatic N) is 3. The second kappa shape index (κ2) is 7.14. The van der Waals surface area contributed by atoms with Crippen molar-refractivity contribution >= 4 is 5.82 Å². The molecule has 0 spiro atoms. The fourth-order valence-corrected chi connectivity index (χ4v) is 1.23. The predicted octanol–water partition coefficient (Wildman–Crippen LogP) is 0.775. The van der Waals surface area contributed by atoms with Crippen LogP contribution in [0.5, 0.6) is 0 Å². The summed E-state index contributed by atoms with van der Waals surface area (Å²) in [5, 5.41) is 11.2. The summed E-state index contributed by atoms with van der Waals surface area (Å²) in [5.74, 6) is 0.825. The number of hydrogen-bond acceptors (Lipinski definition) is 5. The van der Waals surface area contributed by atoms with Gasteiger partial charge in [0.2, 0.25) is 0 Å². The van der Waals surface area contributed by atoms with Gasteiger partial charge in [0.1, 0.15) is 5.82 Å². The third kappa shape index (κ3) is 5.04. The van der Waals surface area contributed by atoms with Gasteiger partial charge in [-0.3, -0.25) is 0 Å². The molecule has 1 aromatic rings. The highest BCUT2D eigenvalue weighted by Gasteiger charge is 1.98. The summed E-state index contributed by atoms with van der Waals surface area (Å²) in [5.41, 5.74) is 0.933. The van der Waals surface area contributed by atoms with E-state index in [9.17, 15) is 0 Å². The standard InChI is InChI=1S/C11H20N4O/c1-10-4-5-11(14-13-10)12-6-7-15(2)8-9-16-3/h4-5H,6-9H2,1-3H3,(H,12,14). The third-order valence-corrected chi connectivity index (χ3v) is 2.27. The van der Waals surface area contributed by atoms with Crippen LogP contribution in [-0.4, -0.2) is 55.5 Å². The monoisotopic (exact) mass is 224 g/mol. The van der Waals surface area contributed by atoms with E-state index < -0.39 is 0 Å². The van der Waals surface area contributed by atoms with E-state index in [1.807, 2.05) is 19.1 Å². The van der Waals surface area contributed by atoms with E-state index in [2.05, 4.69) is 27.5 Å². The normalized spacial score (nSPS) is 10.8. The molecule has 0 bridgehead atoms. The van der Waals surface area contributed by atoms with E-state index in [0.717, 1.165) is 37.8 Å². The Labute approximate surface area is 96.8 Å². The van der Waals surface area contributed by atoms with Crippen LogP contribution in [0.15, 0.2) is 12.1 Å². The number of anilines is 1. The minimum atomic E-state index is 0.765. The molecule has 0 atom stereocenters. The van der Waals surface area contributed by atoms with Gasteiger partial charge in [-0.05, 0) is 26.1 Å². The zero-order valence-corrected chi connectivity index (χ0v) is 10.2. The molecule has 0 aliphatic rings. The molecular weight excluding hydrogens is 204 g/mol. The summed E-state index contributed by atoms with van der Waals surface area (Å²) in [7, 11) is 3.79. The van der Waals surface area contributed by atoms with E-state index in [-0.39, 0.29) is 0 Å². The first kappa shape index (κ1) is 12.9. The van der Waals surface area contributed by atoms with Gasteiger partial charge in [-0.2, -0.15) is 5.10 Å². The molecule has 0 amide bonds. The maximum absolute atomic E-state index is 5.01. The lowest BCUT2D eigenvalue weighted by Crippen LogP contribution is -2.28. The first-order valence-electron chi connectivity index (χ1n) is 5.44. The zero-order chi connectivity index (χ0) is 11.8. The summed E-state index contributed by atoms with van der Waals surface area (Å²) in [6.07, 6.45) is 0. The Balaban J connectivity index is 2.17. The number of likely N-dealkylation sites (N-methyl/N-ethyl adjacent to an activating group) is 1. The van der Waals surface area contributed by atoms with Gasteiger partial charge in [-0.25, -0.2) is 0 Å². The van der Waals surface area contributed by atoms with E-state index in [1.54, 1.807) is 7.11 Å². The average Bonchev–Trinajstić information content (AvgIpc) is 2.29. The second-order valence-corrected chi connectivity index (χ2v) is 3.78. The number of rotatable bonds is 7. The van der Waals surface area contributed by atoms with Crippen molar-refractivity contribution in [2.75, 3.05) is 45.7 Å². The van der Waals surface area contributed by atoms with Crippen LogP contribution < -0.4 is 5.32 Å². The van der Waals surface area contributed by atoms with Crippen LogP contribution in [-0.2, 0) is 4.74 Å². The summed E-state index contributed by atoms with van der Waals surface area (Å²) in [4.78, 5) is 2.21. The molecule has 0 aromatic carbocycles. The fraction of sp³-hybridized carbons (Fsp3) is 0.636. The van der Waals surface area contributed by atoms with Gasteiger partial charge in [-0.1, -0.05) is 0 Å². The van der Waals surface area contributed by atoms with Gasteiger partial charge >= 0.3 is 0 Å². The summed E-state index contributed by atoms with van der Waals surface area (Å²) in [6, 6.07) is 3.89. The molecule has 16 heavy (non-hydrogen) atoms. The highest BCUT2D eigenvalue weighted by atomic mass is 16.5. The summed E-state index contributed by atoms with van der Waals surface area (Å²) < 4.78 is 5.01. The first-order chi connectivity index (χ1) is 7.72. The molecule has 0 saturated carbocycles. The van der Waals surface area contributed by atoms with Gasteiger partial charge in [0.05, 0.1) is 12.3 Å². The van der Waals surface area contributed by atoms with E-state index in [4.69, 9.17) is 4.74 Å². The maximum atomic E-state index is 5.01.